The number of piperidine rings is 1. The fourth-order valence-electron chi connectivity index (χ4n) is 4.29. The molecule has 0 bridgehead atoms. The zero-order chi connectivity index (χ0) is 25.8. The Morgan fingerprint density at radius 2 is 1.58 bits per heavy atom. The van der Waals surface area contributed by atoms with E-state index in [-0.39, 0.29) is 24.1 Å². The van der Waals surface area contributed by atoms with E-state index < -0.39 is 0 Å². The molecule has 4 rings (SSSR count). The number of carbonyl (C=O) groups excluding carboxylic acids is 1. The van der Waals surface area contributed by atoms with Gasteiger partial charge in [-0.15, -0.1) is 0 Å². The van der Waals surface area contributed by atoms with Gasteiger partial charge in [0.2, 0.25) is 0 Å². The Hall–Kier alpha value is -3.52. The molecular weight excluding hydrogens is 458 g/mol. The molecular formula is C28H35N3O5. The molecule has 3 aromatic rings. The predicted molar refractivity (Wildman–Crippen MR) is 137 cm³/mol. The van der Waals surface area contributed by atoms with Gasteiger partial charge in [0.25, 0.3) is 0 Å². The fraction of sp³-hybridized carbons (Fsp3) is 0.429. The molecule has 0 unspecified atom stereocenters. The second kappa shape index (κ2) is 11.0. The highest BCUT2D eigenvalue weighted by Crippen LogP contribution is 2.38. The number of oxazole rings is 1. The average Bonchev–Trinajstić information content (AvgIpc) is 3.33. The lowest BCUT2D eigenvalue weighted by molar-refractivity contribution is -0.0815. The Morgan fingerprint density at radius 1 is 1.00 bits per heavy atom. The second-order valence-corrected chi connectivity index (χ2v) is 9.63. The molecule has 0 spiro atoms. The van der Waals surface area contributed by atoms with E-state index in [1.165, 1.54) is 0 Å². The molecule has 1 fully saturated rings. The van der Waals surface area contributed by atoms with E-state index in [1.54, 1.807) is 25.9 Å². The average molecular weight is 494 g/mol. The van der Waals surface area contributed by atoms with Crippen molar-refractivity contribution in [3.05, 3.63) is 54.4 Å². The first-order valence-electron chi connectivity index (χ1n) is 12.5. The number of amides is 2. The van der Waals surface area contributed by atoms with Crippen LogP contribution in [-0.2, 0) is 0 Å². The summed E-state index contributed by atoms with van der Waals surface area (Å²) >= 11 is 0. The number of benzene rings is 2. The maximum atomic E-state index is 12.5. The van der Waals surface area contributed by atoms with Gasteiger partial charge in [0.15, 0.2) is 11.7 Å². The van der Waals surface area contributed by atoms with Crippen LogP contribution < -0.4 is 9.47 Å². The summed E-state index contributed by atoms with van der Waals surface area (Å²) < 4.78 is 17.5. The third kappa shape index (κ3) is 5.65. The lowest BCUT2D eigenvalue weighted by Crippen LogP contribution is -2.47. The molecule has 192 valence electrons. The van der Waals surface area contributed by atoms with Crippen LogP contribution in [0.4, 0.5) is 4.79 Å². The third-order valence-electron chi connectivity index (χ3n) is 6.30. The number of carbonyl (C=O) groups is 1. The number of hydrogen-bond acceptors (Lipinski definition) is 6. The number of ether oxygens (including phenoxy) is 2. The highest BCUT2D eigenvalue weighted by atomic mass is 16.5. The van der Waals surface area contributed by atoms with Crippen molar-refractivity contribution in [3.8, 4) is 34.1 Å². The van der Waals surface area contributed by atoms with Crippen molar-refractivity contribution >= 4 is 6.03 Å². The van der Waals surface area contributed by atoms with Crippen LogP contribution >= 0.6 is 0 Å². The Bertz CT molecular complexity index is 1150. The van der Waals surface area contributed by atoms with Gasteiger partial charge in [0.1, 0.15) is 17.2 Å². The molecule has 1 aliphatic rings. The largest absolute Gasteiger partial charge is 0.497 e. The van der Waals surface area contributed by atoms with Crippen LogP contribution in [0.3, 0.4) is 0 Å². The number of methoxy groups -OCH3 is 1. The van der Waals surface area contributed by atoms with Gasteiger partial charge in [0.05, 0.1) is 19.3 Å². The van der Waals surface area contributed by atoms with Gasteiger partial charge in [-0.05, 0) is 89.1 Å². The van der Waals surface area contributed by atoms with Crippen molar-refractivity contribution in [2.45, 2.75) is 58.6 Å². The van der Waals surface area contributed by atoms with E-state index in [0.29, 0.717) is 37.6 Å². The smallest absolute Gasteiger partial charge is 0.343 e. The fourth-order valence-corrected chi connectivity index (χ4v) is 4.29. The topological polar surface area (TPSA) is 88.3 Å². The van der Waals surface area contributed by atoms with Crippen LogP contribution in [-0.4, -0.2) is 58.5 Å². The summed E-state index contributed by atoms with van der Waals surface area (Å²) in [5, 5.41) is 10.8. The number of rotatable bonds is 7. The molecule has 8 heteroatoms. The van der Waals surface area contributed by atoms with Crippen LogP contribution in [0.15, 0.2) is 52.9 Å². The number of urea groups is 1. The summed E-state index contributed by atoms with van der Waals surface area (Å²) in [6.07, 6.45) is 1.51. The first kappa shape index (κ1) is 25.6. The van der Waals surface area contributed by atoms with Crippen LogP contribution in [0.1, 0.15) is 52.3 Å². The molecule has 2 amide bonds. The van der Waals surface area contributed by atoms with Crippen molar-refractivity contribution in [1.82, 2.24) is 14.9 Å². The van der Waals surface area contributed by atoms with E-state index in [4.69, 9.17) is 18.9 Å². The first-order chi connectivity index (χ1) is 17.3. The normalized spacial score (nSPS) is 14.4. The molecule has 0 radical (unpaired) electrons. The van der Waals surface area contributed by atoms with E-state index in [2.05, 4.69) is 0 Å². The summed E-state index contributed by atoms with van der Waals surface area (Å²) in [6, 6.07) is 15.0. The summed E-state index contributed by atoms with van der Waals surface area (Å²) in [6.45, 7) is 8.62. The Morgan fingerprint density at radius 3 is 2.14 bits per heavy atom. The Balaban J connectivity index is 1.60. The molecule has 0 atom stereocenters. The lowest BCUT2D eigenvalue weighted by atomic mass is 9.97. The molecule has 0 aliphatic carbocycles. The van der Waals surface area contributed by atoms with Crippen molar-refractivity contribution in [2.24, 2.45) is 0 Å². The van der Waals surface area contributed by atoms with Gasteiger partial charge in [0, 0.05) is 30.1 Å². The van der Waals surface area contributed by atoms with Crippen LogP contribution in [0.25, 0.3) is 22.6 Å². The molecule has 1 aliphatic heterocycles. The number of hydroxylamine groups is 2. The van der Waals surface area contributed by atoms with E-state index in [1.807, 2.05) is 62.4 Å². The second-order valence-electron chi connectivity index (χ2n) is 9.63. The Labute approximate surface area is 212 Å². The molecule has 36 heavy (non-hydrogen) atoms. The highest BCUT2D eigenvalue weighted by Gasteiger charge is 2.31. The molecule has 2 heterocycles. The van der Waals surface area contributed by atoms with E-state index in [9.17, 15) is 10.0 Å². The minimum absolute atomic E-state index is 0.0783. The molecule has 2 aromatic carbocycles. The lowest BCUT2D eigenvalue weighted by Gasteiger charge is -2.33. The SMILES string of the molecule is COc1ccc(-c2nc(C3CCN(C(=O)N(O)C(C)C)CC3)oc2-c2ccc(OC(C)C)cc2)cc1. The van der Waals surface area contributed by atoms with Crippen molar-refractivity contribution in [3.63, 3.8) is 0 Å². The Kier molecular flexibility index (Phi) is 7.84. The first-order valence-corrected chi connectivity index (χ1v) is 12.5. The molecule has 8 nitrogen and oxygen atoms in total. The minimum atomic E-state index is -0.362. The van der Waals surface area contributed by atoms with Gasteiger partial charge < -0.3 is 18.8 Å². The summed E-state index contributed by atoms with van der Waals surface area (Å²) in [5.74, 6) is 3.02. The predicted octanol–water partition coefficient (Wildman–Crippen LogP) is 6.20. The number of aromatic nitrogens is 1. The number of hydrogen-bond donors (Lipinski definition) is 1. The maximum absolute atomic E-state index is 12.5. The van der Waals surface area contributed by atoms with Gasteiger partial charge >= 0.3 is 6.03 Å². The number of nitrogens with zero attached hydrogens (tertiary/aromatic N) is 3. The van der Waals surface area contributed by atoms with Crippen molar-refractivity contribution in [1.29, 1.82) is 0 Å². The van der Waals surface area contributed by atoms with E-state index >= 15 is 0 Å². The molecule has 1 aromatic heterocycles. The molecule has 1 saturated heterocycles. The van der Waals surface area contributed by atoms with Crippen LogP contribution in [0.5, 0.6) is 11.5 Å². The zero-order valence-electron chi connectivity index (χ0n) is 21.6. The minimum Gasteiger partial charge on any atom is -0.497 e. The van der Waals surface area contributed by atoms with Gasteiger partial charge in [-0.1, -0.05) is 0 Å². The maximum Gasteiger partial charge on any atom is 0.343 e. The quantitative estimate of drug-likeness (QED) is 0.311. The third-order valence-corrected chi connectivity index (χ3v) is 6.30. The summed E-state index contributed by atoms with van der Waals surface area (Å²) in [4.78, 5) is 19.1. The zero-order valence-corrected chi connectivity index (χ0v) is 21.6. The van der Waals surface area contributed by atoms with Gasteiger partial charge in [-0.3, -0.25) is 5.21 Å². The highest BCUT2D eigenvalue weighted by molar-refractivity contribution is 5.77. The monoisotopic (exact) mass is 493 g/mol. The van der Waals surface area contributed by atoms with Crippen LogP contribution in [0.2, 0.25) is 0 Å². The van der Waals surface area contributed by atoms with Crippen molar-refractivity contribution in [2.75, 3.05) is 20.2 Å². The van der Waals surface area contributed by atoms with Gasteiger partial charge in [-0.25, -0.2) is 14.8 Å². The standard InChI is InChI=1S/C28H35N3O5/c1-18(2)31(33)28(32)30-16-14-22(15-17-30)27-29-25(20-6-10-23(34-5)11-7-20)26(36-27)21-8-12-24(13-9-21)35-19(3)4/h6-13,18-19,22,33H,14-17H2,1-5H3. The summed E-state index contributed by atoms with van der Waals surface area (Å²) in [5.41, 5.74) is 2.62. The van der Waals surface area contributed by atoms with Crippen molar-refractivity contribution < 1.29 is 23.9 Å². The summed E-state index contributed by atoms with van der Waals surface area (Å²) in [7, 11) is 1.64. The van der Waals surface area contributed by atoms with Gasteiger partial charge in [-0.2, -0.15) is 0 Å². The van der Waals surface area contributed by atoms with E-state index in [0.717, 1.165) is 33.4 Å². The number of likely N-dealkylation sites (tertiary alicyclic amines) is 1. The molecule has 1 N–H and O–H groups in total. The van der Waals surface area contributed by atoms with Crippen LogP contribution in [0, 0.1) is 0 Å². The molecule has 0 saturated carbocycles.